The number of hydrogen-bond acceptors (Lipinski definition) is 16. The summed E-state index contributed by atoms with van der Waals surface area (Å²) < 4.78 is 32.9. The topological polar surface area (TPSA) is 186 Å². The van der Waals surface area contributed by atoms with Crippen LogP contribution in [-0.4, -0.2) is 130 Å². The zero-order valence-electron chi connectivity index (χ0n) is 27.4. The van der Waals surface area contributed by atoms with E-state index >= 15 is 0 Å². The number of amides is 1. The minimum atomic E-state index is -0.422. The standard InChI is InChI=1S/C30H46N8O8S/c1-5-7-8-25(40)46-20-19-45-18-17-44-16-15-43-14-13-37-9-11-38(12-10-37)29-35-27(41-3)26(28(36-29)42-4)47-30-32-22(31)21-23(34-30)33-24(39)6-2/h6,21H,2,5,7-20H2,1,3-4H3,(H3,31,32,33,34,39). The van der Waals surface area contributed by atoms with Crippen molar-refractivity contribution in [1.29, 1.82) is 0 Å². The SMILES string of the molecule is C=CC(=O)Nc1cc(N)nc(Sc2c(OC)nc(N3CCN(CCOCCOCCOCCOC(=O)CCCC)CC3)nc2OC)n1. The van der Waals surface area contributed by atoms with Gasteiger partial charge in [0.15, 0.2) is 5.16 Å². The third-order valence-corrected chi connectivity index (χ3v) is 7.63. The van der Waals surface area contributed by atoms with Crippen molar-refractivity contribution in [2.45, 2.75) is 36.2 Å². The molecule has 1 aliphatic rings. The molecular formula is C30H46N8O8S. The quantitative estimate of drug-likeness (QED) is 0.0797. The first-order valence-electron chi connectivity index (χ1n) is 15.5. The summed E-state index contributed by atoms with van der Waals surface area (Å²) in [6.45, 7) is 12.4. The Morgan fingerprint density at radius 2 is 1.55 bits per heavy atom. The minimum Gasteiger partial charge on any atom is -0.480 e. The van der Waals surface area contributed by atoms with Crippen LogP contribution < -0.4 is 25.4 Å². The van der Waals surface area contributed by atoms with Gasteiger partial charge in [-0.05, 0) is 24.3 Å². The minimum absolute atomic E-state index is 0.172. The summed E-state index contributed by atoms with van der Waals surface area (Å²) in [6, 6.07) is 1.44. The molecule has 2 aromatic rings. The van der Waals surface area contributed by atoms with Crippen molar-refractivity contribution in [2.75, 3.05) is 109 Å². The number of hydrogen-bond donors (Lipinski definition) is 2. The molecule has 1 fully saturated rings. The fourth-order valence-corrected chi connectivity index (χ4v) is 5.15. The van der Waals surface area contributed by atoms with E-state index in [9.17, 15) is 9.59 Å². The third kappa shape index (κ3) is 13.5. The molecule has 0 radical (unpaired) electrons. The van der Waals surface area contributed by atoms with Crippen molar-refractivity contribution in [3.63, 3.8) is 0 Å². The molecule has 1 saturated heterocycles. The number of ether oxygens (including phenoxy) is 6. The van der Waals surface area contributed by atoms with E-state index in [2.05, 4.69) is 41.6 Å². The molecule has 3 rings (SSSR count). The average Bonchev–Trinajstić information content (AvgIpc) is 3.07. The summed E-state index contributed by atoms with van der Waals surface area (Å²) in [4.78, 5) is 45.9. The molecule has 0 unspecified atom stereocenters. The molecule has 260 valence electrons. The smallest absolute Gasteiger partial charge is 0.305 e. The number of unbranched alkanes of at least 4 members (excludes halogenated alkanes) is 1. The maximum absolute atomic E-state index is 11.7. The Morgan fingerprint density at radius 3 is 2.15 bits per heavy atom. The number of carbonyl (C=O) groups excluding carboxylic acids is 2. The number of methoxy groups -OCH3 is 2. The summed E-state index contributed by atoms with van der Waals surface area (Å²) in [6.07, 6.45) is 3.40. The van der Waals surface area contributed by atoms with Crippen molar-refractivity contribution in [2.24, 2.45) is 0 Å². The Kier molecular flexibility index (Phi) is 17.0. The van der Waals surface area contributed by atoms with Crippen LogP contribution in [-0.2, 0) is 28.5 Å². The van der Waals surface area contributed by atoms with E-state index in [4.69, 9.17) is 34.2 Å². The molecule has 2 aromatic heterocycles. The highest BCUT2D eigenvalue weighted by Crippen LogP contribution is 2.40. The highest BCUT2D eigenvalue weighted by atomic mass is 32.2. The molecule has 0 saturated carbocycles. The predicted molar refractivity (Wildman–Crippen MR) is 176 cm³/mol. The van der Waals surface area contributed by atoms with Gasteiger partial charge in [0.25, 0.3) is 0 Å². The number of piperazine rings is 1. The third-order valence-electron chi connectivity index (χ3n) is 6.71. The van der Waals surface area contributed by atoms with E-state index in [1.807, 2.05) is 6.92 Å². The first-order chi connectivity index (χ1) is 22.9. The lowest BCUT2D eigenvalue weighted by Crippen LogP contribution is -2.48. The number of aromatic nitrogens is 4. The summed E-state index contributed by atoms with van der Waals surface area (Å²) in [5.74, 6) is 0.886. The fraction of sp³-hybridized carbons (Fsp3) is 0.600. The van der Waals surface area contributed by atoms with E-state index in [0.717, 1.165) is 50.3 Å². The normalized spacial score (nSPS) is 13.3. The average molecular weight is 679 g/mol. The van der Waals surface area contributed by atoms with Crippen molar-refractivity contribution in [1.82, 2.24) is 24.8 Å². The Morgan fingerprint density at radius 1 is 0.936 bits per heavy atom. The predicted octanol–water partition coefficient (Wildman–Crippen LogP) is 2.05. The maximum atomic E-state index is 11.7. The second-order valence-electron chi connectivity index (χ2n) is 10.1. The lowest BCUT2D eigenvalue weighted by molar-refractivity contribution is -0.145. The molecule has 3 heterocycles. The lowest BCUT2D eigenvalue weighted by Gasteiger charge is -2.34. The zero-order valence-corrected chi connectivity index (χ0v) is 28.2. The molecule has 0 atom stereocenters. The Labute approximate surface area is 279 Å². The van der Waals surface area contributed by atoms with Gasteiger partial charge in [0.1, 0.15) is 23.1 Å². The van der Waals surface area contributed by atoms with Crippen LogP contribution in [0.4, 0.5) is 17.6 Å². The summed E-state index contributed by atoms with van der Waals surface area (Å²) >= 11 is 1.11. The van der Waals surface area contributed by atoms with Crippen LogP contribution in [0, 0.1) is 0 Å². The lowest BCUT2D eigenvalue weighted by atomic mass is 10.2. The van der Waals surface area contributed by atoms with Gasteiger partial charge in [-0.2, -0.15) is 9.97 Å². The molecule has 1 amide bonds. The molecule has 17 heteroatoms. The monoisotopic (exact) mass is 678 g/mol. The summed E-state index contributed by atoms with van der Waals surface area (Å²) in [5, 5.41) is 2.83. The molecule has 0 aromatic carbocycles. The molecular weight excluding hydrogens is 632 g/mol. The van der Waals surface area contributed by atoms with Crippen LogP contribution in [0.5, 0.6) is 11.8 Å². The van der Waals surface area contributed by atoms with Crippen LogP contribution in [0.1, 0.15) is 26.2 Å². The number of carbonyl (C=O) groups is 2. The number of esters is 1. The first kappa shape index (κ1) is 37.7. The van der Waals surface area contributed by atoms with E-state index in [-0.39, 0.29) is 29.4 Å². The maximum Gasteiger partial charge on any atom is 0.305 e. The molecule has 0 bridgehead atoms. The van der Waals surface area contributed by atoms with E-state index in [1.165, 1.54) is 20.3 Å². The number of nitrogen functional groups attached to an aromatic ring is 1. The van der Waals surface area contributed by atoms with Crippen molar-refractivity contribution < 1.29 is 38.0 Å². The summed E-state index contributed by atoms with van der Waals surface area (Å²) in [5.41, 5.74) is 5.93. The van der Waals surface area contributed by atoms with Gasteiger partial charge in [0.05, 0.1) is 53.9 Å². The number of rotatable bonds is 22. The van der Waals surface area contributed by atoms with E-state index in [0.29, 0.717) is 81.8 Å². The van der Waals surface area contributed by atoms with Crippen molar-refractivity contribution in [3.8, 4) is 11.8 Å². The van der Waals surface area contributed by atoms with Gasteiger partial charge in [0.2, 0.25) is 23.6 Å². The first-order valence-corrected chi connectivity index (χ1v) is 16.3. The van der Waals surface area contributed by atoms with Gasteiger partial charge >= 0.3 is 5.97 Å². The summed E-state index contributed by atoms with van der Waals surface area (Å²) in [7, 11) is 3.03. The molecule has 0 spiro atoms. The fourth-order valence-electron chi connectivity index (χ4n) is 4.24. The van der Waals surface area contributed by atoms with Gasteiger partial charge in [-0.15, -0.1) is 0 Å². The van der Waals surface area contributed by atoms with Gasteiger partial charge < -0.3 is 44.4 Å². The number of nitrogens with two attached hydrogens (primary N) is 1. The Balaban J connectivity index is 1.36. The van der Waals surface area contributed by atoms with Gasteiger partial charge in [-0.1, -0.05) is 19.9 Å². The number of anilines is 3. The van der Waals surface area contributed by atoms with Gasteiger partial charge in [-0.3, -0.25) is 14.5 Å². The Bertz CT molecular complexity index is 1260. The van der Waals surface area contributed by atoms with Crippen molar-refractivity contribution in [3.05, 3.63) is 18.7 Å². The van der Waals surface area contributed by atoms with E-state index < -0.39 is 5.91 Å². The number of nitrogens with one attached hydrogen (secondary N) is 1. The highest BCUT2D eigenvalue weighted by Gasteiger charge is 2.24. The van der Waals surface area contributed by atoms with Crippen LogP contribution >= 0.6 is 11.8 Å². The van der Waals surface area contributed by atoms with Crippen LogP contribution in [0.15, 0.2) is 28.8 Å². The van der Waals surface area contributed by atoms with Crippen LogP contribution in [0.3, 0.4) is 0 Å². The molecule has 1 aliphatic heterocycles. The Hall–Kier alpha value is -3.77. The van der Waals surface area contributed by atoms with Crippen LogP contribution in [0.25, 0.3) is 0 Å². The second kappa shape index (κ2) is 21.2. The van der Waals surface area contributed by atoms with E-state index in [1.54, 1.807) is 0 Å². The van der Waals surface area contributed by atoms with Crippen molar-refractivity contribution >= 4 is 41.2 Å². The van der Waals surface area contributed by atoms with Gasteiger partial charge in [-0.25, -0.2) is 9.97 Å². The molecule has 3 N–H and O–H groups in total. The zero-order chi connectivity index (χ0) is 33.9. The molecule has 47 heavy (non-hydrogen) atoms. The largest absolute Gasteiger partial charge is 0.480 e. The van der Waals surface area contributed by atoms with Crippen LogP contribution in [0.2, 0.25) is 0 Å². The second-order valence-corrected chi connectivity index (χ2v) is 11.1. The van der Waals surface area contributed by atoms with Gasteiger partial charge in [0, 0.05) is 45.2 Å². The molecule has 0 aliphatic carbocycles. The highest BCUT2D eigenvalue weighted by molar-refractivity contribution is 7.99. The number of nitrogens with zero attached hydrogens (tertiary/aromatic N) is 6. The molecule has 16 nitrogen and oxygen atoms in total.